The van der Waals surface area contributed by atoms with E-state index in [2.05, 4.69) is 28.9 Å². The van der Waals surface area contributed by atoms with Crippen molar-refractivity contribution in [3.63, 3.8) is 0 Å². The standard InChI is InChI=1S/C13H24N4/c1-3-5-9-17(10-6-4-2)13-8-7-12(11-14)15-16-13/h7-8H,3-6,9-11,14H2,1-2H3. The minimum atomic E-state index is 0.456. The summed E-state index contributed by atoms with van der Waals surface area (Å²) in [6, 6.07) is 3.99. The van der Waals surface area contributed by atoms with Crippen molar-refractivity contribution in [2.75, 3.05) is 18.0 Å². The average molecular weight is 236 g/mol. The maximum atomic E-state index is 5.52. The quantitative estimate of drug-likeness (QED) is 0.752. The van der Waals surface area contributed by atoms with Crippen LogP contribution in [0.25, 0.3) is 0 Å². The molecule has 0 aromatic carbocycles. The third-order valence-corrected chi connectivity index (χ3v) is 2.80. The van der Waals surface area contributed by atoms with Crippen LogP contribution in [0, 0.1) is 0 Å². The molecule has 1 heterocycles. The Balaban J connectivity index is 2.65. The zero-order valence-corrected chi connectivity index (χ0v) is 11.0. The first-order valence-corrected chi connectivity index (χ1v) is 6.59. The van der Waals surface area contributed by atoms with E-state index in [1.165, 1.54) is 25.7 Å². The third kappa shape index (κ3) is 4.69. The fourth-order valence-corrected chi connectivity index (χ4v) is 1.67. The fraction of sp³-hybridized carbons (Fsp3) is 0.692. The lowest BCUT2D eigenvalue weighted by molar-refractivity contribution is 0.665. The lowest BCUT2D eigenvalue weighted by atomic mass is 10.2. The molecule has 0 aliphatic carbocycles. The number of rotatable bonds is 8. The molecule has 4 heteroatoms. The first-order valence-electron chi connectivity index (χ1n) is 6.59. The Morgan fingerprint density at radius 2 is 1.71 bits per heavy atom. The van der Waals surface area contributed by atoms with E-state index < -0.39 is 0 Å². The van der Waals surface area contributed by atoms with Gasteiger partial charge in [-0.05, 0) is 25.0 Å². The van der Waals surface area contributed by atoms with Crippen LogP contribution in [0.15, 0.2) is 12.1 Å². The van der Waals surface area contributed by atoms with Gasteiger partial charge in [-0.3, -0.25) is 0 Å². The second kappa shape index (κ2) is 8.01. The predicted molar refractivity (Wildman–Crippen MR) is 72.0 cm³/mol. The minimum Gasteiger partial charge on any atom is -0.355 e. The molecule has 0 unspecified atom stereocenters. The number of hydrogen-bond donors (Lipinski definition) is 1. The molecule has 0 saturated heterocycles. The van der Waals surface area contributed by atoms with Crippen LogP contribution in [0.4, 0.5) is 5.82 Å². The monoisotopic (exact) mass is 236 g/mol. The van der Waals surface area contributed by atoms with Gasteiger partial charge in [0.1, 0.15) is 0 Å². The van der Waals surface area contributed by atoms with E-state index in [4.69, 9.17) is 5.73 Å². The van der Waals surface area contributed by atoms with Crippen molar-refractivity contribution in [1.29, 1.82) is 0 Å². The van der Waals surface area contributed by atoms with Crippen molar-refractivity contribution in [3.05, 3.63) is 17.8 Å². The van der Waals surface area contributed by atoms with E-state index in [0.29, 0.717) is 6.54 Å². The van der Waals surface area contributed by atoms with Crippen molar-refractivity contribution >= 4 is 5.82 Å². The van der Waals surface area contributed by atoms with Gasteiger partial charge < -0.3 is 10.6 Å². The molecular weight excluding hydrogens is 212 g/mol. The summed E-state index contributed by atoms with van der Waals surface area (Å²) in [5, 5.41) is 8.37. The summed E-state index contributed by atoms with van der Waals surface area (Å²) in [5.74, 6) is 0.976. The molecule has 1 rings (SSSR count). The SMILES string of the molecule is CCCCN(CCCC)c1ccc(CN)nn1. The molecule has 0 aliphatic heterocycles. The molecule has 96 valence electrons. The van der Waals surface area contributed by atoms with Gasteiger partial charge in [0.25, 0.3) is 0 Å². The van der Waals surface area contributed by atoms with Gasteiger partial charge in [-0.25, -0.2) is 0 Å². The first-order chi connectivity index (χ1) is 8.31. The average Bonchev–Trinajstić information content (AvgIpc) is 2.39. The molecule has 4 nitrogen and oxygen atoms in total. The Hall–Kier alpha value is -1.16. The summed E-state index contributed by atoms with van der Waals surface area (Å²) in [7, 11) is 0. The largest absolute Gasteiger partial charge is 0.355 e. The highest BCUT2D eigenvalue weighted by Crippen LogP contribution is 2.12. The highest BCUT2D eigenvalue weighted by Gasteiger charge is 2.07. The number of nitrogens with zero attached hydrogens (tertiary/aromatic N) is 3. The molecule has 17 heavy (non-hydrogen) atoms. The number of aromatic nitrogens is 2. The number of anilines is 1. The minimum absolute atomic E-state index is 0.456. The van der Waals surface area contributed by atoms with Crippen LogP contribution in [-0.2, 0) is 6.54 Å². The molecule has 0 radical (unpaired) electrons. The van der Waals surface area contributed by atoms with Gasteiger partial charge in [-0.15, -0.1) is 5.10 Å². The molecule has 0 aliphatic rings. The van der Waals surface area contributed by atoms with Gasteiger partial charge in [-0.1, -0.05) is 26.7 Å². The molecule has 1 aromatic rings. The highest BCUT2D eigenvalue weighted by molar-refractivity contribution is 5.37. The Labute approximate surface area is 104 Å². The first kappa shape index (κ1) is 13.9. The summed E-state index contributed by atoms with van der Waals surface area (Å²) < 4.78 is 0. The highest BCUT2D eigenvalue weighted by atomic mass is 15.3. The fourth-order valence-electron chi connectivity index (χ4n) is 1.67. The lowest BCUT2D eigenvalue weighted by Gasteiger charge is -2.22. The number of nitrogens with two attached hydrogens (primary N) is 1. The lowest BCUT2D eigenvalue weighted by Crippen LogP contribution is -2.27. The topological polar surface area (TPSA) is 55.0 Å². The Morgan fingerprint density at radius 3 is 2.12 bits per heavy atom. The molecule has 0 fully saturated rings. The van der Waals surface area contributed by atoms with Gasteiger partial charge >= 0.3 is 0 Å². The predicted octanol–water partition coefficient (Wildman–Crippen LogP) is 2.34. The van der Waals surface area contributed by atoms with E-state index >= 15 is 0 Å². The second-order valence-corrected chi connectivity index (χ2v) is 4.28. The second-order valence-electron chi connectivity index (χ2n) is 4.28. The zero-order valence-electron chi connectivity index (χ0n) is 11.0. The number of hydrogen-bond acceptors (Lipinski definition) is 4. The van der Waals surface area contributed by atoms with Gasteiger partial charge in [0.2, 0.25) is 0 Å². The summed E-state index contributed by atoms with van der Waals surface area (Å²) >= 11 is 0. The van der Waals surface area contributed by atoms with Crippen molar-refractivity contribution in [1.82, 2.24) is 10.2 Å². The Bertz CT molecular complexity index is 289. The van der Waals surface area contributed by atoms with Gasteiger partial charge in [0.15, 0.2) is 5.82 Å². The van der Waals surface area contributed by atoms with E-state index in [1.807, 2.05) is 12.1 Å². The van der Waals surface area contributed by atoms with Gasteiger partial charge in [-0.2, -0.15) is 5.10 Å². The maximum Gasteiger partial charge on any atom is 0.151 e. The smallest absolute Gasteiger partial charge is 0.151 e. The molecule has 2 N–H and O–H groups in total. The van der Waals surface area contributed by atoms with E-state index in [-0.39, 0.29) is 0 Å². The van der Waals surface area contributed by atoms with Crippen LogP contribution < -0.4 is 10.6 Å². The Morgan fingerprint density at radius 1 is 1.06 bits per heavy atom. The van der Waals surface area contributed by atoms with Crippen LogP contribution in [0.5, 0.6) is 0 Å². The summed E-state index contributed by atoms with van der Waals surface area (Å²) in [6.07, 6.45) is 4.81. The summed E-state index contributed by atoms with van der Waals surface area (Å²) in [6.45, 7) is 7.00. The van der Waals surface area contributed by atoms with Crippen LogP contribution in [0.3, 0.4) is 0 Å². The molecule has 0 spiro atoms. The van der Waals surface area contributed by atoms with Gasteiger partial charge in [0, 0.05) is 19.6 Å². The third-order valence-electron chi connectivity index (χ3n) is 2.80. The molecule has 0 atom stereocenters. The van der Waals surface area contributed by atoms with Crippen LogP contribution in [-0.4, -0.2) is 23.3 Å². The van der Waals surface area contributed by atoms with E-state index in [1.54, 1.807) is 0 Å². The zero-order chi connectivity index (χ0) is 12.5. The summed E-state index contributed by atoms with van der Waals surface area (Å²) in [5.41, 5.74) is 6.37. The summed E-state index contributed by atoms with van der Waals surface area (Å²) in [4.78, 5) is 2.32. The molecule has 0 bridgehead atoms. The van der Waals surface area contributed by atoms with E-state index in [0.717, 1.165) is 24.6 Å². The number of unbranched alkanes of at least 4 members (excludes halogenated alkanes) is 2. The van der Waals surface area contributed by atoms with Crippen LogP contribution >= 0.6 is 0 Å². The van der Waals surface area contributed by atoms with Crippen LogP contribution in [0.1, 0.15) is 45.2 Å². The van der Waals surface area contributed by atoms with Crippen molar-refractivity contribution in [2.45, 2.75) is 46.1 Å². The molecule has 0 amide bonds. The van der Waals surface area contributed by atoms with Crippen molar-refractivity contribution in [2.24, 2.45) is 5.73 Å². The van der Waals surface area contributed by atoms with E-state index in [9.17, 15) is 0 Å². The Kier molecular flexibility index (Phi) is 6.55. The maximum absolute atomic E-state index is 5.52. The normalized spacial score (nSPS) is 10.5. The van der Waals surface area contributed by atoms with Crippen LogP contribution in [0.2, 0.25) is 0 Å². The van der Waals surface area contributed by atoms with Crippen molar-refractivity contribution < 1.29 is 0 Å². The molecule has 0 saturated carbocycles. The molecule has 1 aromatic heterocycles. The van der Waals surface area contributed by atoms with Gasteiger partial charge in [0.05, 0.1) is 5.69 Å². The van der Waals surface area contributed by atoms with Crippen molar-refractivity contribution in [3.8, 4) is 0 Å². The molecular formula is C13H24N4.